The fourth-order valence-corrected chi connectivity index (χ4v) is 1.47. The average Bonchev–Trinajstić information content (AvgIpc) is 2.27. The van der Waals surface area contributed by atoms with Crippen molar-refractivity contribution in [1.29, 1.82) is 0 Å². The van der Waals surface area contributed by atoms with Gasteiger partial charge in [-0.3, -0.25) is 0 Å². The van der Waals surface area contributed by atoms with Gasteiger partial charge in [-0.15, -0.1) is 0 Å². The number of nitrogens with two attached hydrogens (primary N) is 1. The second kappa shape index (κ2) is 2.45. The number of aryl methyl sites for hydroxylation is 1. The van der Waals surface area contributed by atoms with Gasteiger partial charge < -0.3 is 10.3 Å². The first kappa shape index (κ1) is 8.04. The summed E-state index contributed by atoms with van der Waals surface area (Å²) in [5.74, 6) is -1.21. The molecule has 2 N–H and O–H groups in total. The number of fused-ring (bicyclic) bond motifs is 1. The maximum absolute atomic E-state index is 13.2. The zero-order chi connectivity index (χ0) is 9.59. The number of hydrogen-bond donors (Lipinski definition) is 1. The van der Waals surface area contributed by atoms with Gasteiger partial charge in [-0.2, -0.15) is 0 Å². The molecule has 0 saturated heterocycles. The molecule has 0 fully saturated rings. The van der Waals surface area contributed by atoms with Gasteiger partial charge in [-0.25, -0.2) is 8.78 Å². The second-order valence-electron chi connectivity index (χ2n) is 2.98. The molecule has 0 aliphatic heterocycles. The molecular formula is C9H8F2N2. The number of rotatable bonds is 0. The van der Waals surface area contributed by atoms with E-state index >= 15 is 0 Å². The summed E-state index contributed by atoms with van der Waals surface area (Å²) in [6.07, 6.45) is 1.56. The molecule has 68 valence electrons. The van der Waals surface area contributed by atoms with Crippen LogP contribution in [0.25, 0.3) is 10.9 Å². The van der Waals surface area contributed by atoms with Gasteiger partial charge >= 0.3 is 0 Å². The molecule has 0 amide bonds. The number of nitrogens with zero attached hydrogens (tertiary/aromatic N) is 1. The Hall–Kier alpha value is -1.58. The maximum atomic E-state index is 13.2. The van der Waals surface area contributed by atoms with Crippen molar-refractivity contribution in [1.82, 2.24) is 4.57 Å². The van der Waals surface area contributed by atoms with E-state index in [1.165, 1.54) is 6.07 Å². The monoisotopic (exact) mass is 182 g/mol. The second-order valence-corrected chi connectivity index (χ2v) is 2.98. The van der Waals surface area contributed by atoms with Gasteiger partial charge in [0.1, 0.15) is 11.6 Å². The van der Waals surface area contributed by atoms with Crippen LogP contribution in [-0.2, 0) is 7.05 Å². The minimum atomic E-state index is -0.617. The Balaban J connectivity index is 2.97. The van der Waals surface area contributed by atoms with Crippen molar-refractivity contribution in [3.05, 3.63) is 30.0 Å². The summed E-state index contributed by atoms with van der Waals surface area (Å²) in [5, 5.41) is 0.281. The van der Waals surface area contributed by atoms with E-state index in [-0.39, 0.29) is 5.39 Å². The van der Waals surface area contributed by atoms with Crippen molar-refractivity contribution in [2.75, 3.05) is 5.73 Å². The Kier molecular flexibility index (Phi) is 1.52. The summed E-state index contributed by atoms with van der Waals surface area (Å²) in [6, 6.07) is 2.09. The van der Waals surface area contributed by atoms with Crippen LogP contribution >= 0.6 is 0 Å². The van der Waals surface area contributed by atoms with Crippen molar-refractivity contribution in [3.63, 3.8) is 0 Å². The minimum Gasteiger partial charge on any atom is -0.397 e. The predicted octanol–water partition coefficient (Wildman–Crippen LogP) is 2.04. The Labute approximate surface area is 73.6 Å². The van der Waals surface area contributed by atoms with Crippen LogP contribution in [-0.4, -0.2) is 4.57 Å². The molecule has 1 heterocycles. The van der Waals surface area contributed by atoms with Crippen molar-refractivity contribution in [2.24, 2.45) is 7.05 Å². The number of halogens is 2. The van der Waals surface area contributed by atoms with E-state index in [9.17, 15) is 8.78 Å². The summed E-state index contributed by atoms with van der Waals surface area (Å²) in [6.45, 7) is 0. The largest absolute Gasteiger partial charge is 0.397 e. The van der Waals surface area contributed by atoms with Crippen LogP contribution < -0.4 is 5.73 Å². The number of aromatic nitrogens is 1. The van der Waals surface area contributed by atoms with E-state index in [1.807, 2.05) is 0 Å². The van der Waals surface area contributed by atoms with Gasteiger partial charge in [0.25, 0.3) is 0 Å². The number of anilines is 1. The van der Waals surface area contributed by atoms with E-state index in [1.54, 1.807) is 17.8 Å². The topological polar surface area (TPSA) is 30.9 Å². The molecule has 4 heteroatoms. The molecule has 2 nitrogen and oxygen atoms in total. The van der Waals surface area contributed by atoms with Gasteiger partial charge in [0.05, 0.1) is 16.6 Å². The Morgan fingerprint density at radius 2 is 2.00 bits per heavy atom. The highest BCUT2D eigenvalue weighted by Gasteiger charge is 2.10. The quantitative estimate of drug-likeness (QED) is 0.664. The Bertz CT molecular complexity index is 474. The SMILES string of the molecule is Cn1cc(N)c2c(F)cc(F)cc21. The van der Waals surface area contributed by atoms with Gasteiger partial charge in [0, 0.05) is 19.3 Å². The molecule has 2 aromatic rings. The third kappa shape index (κ3) is 1.06. The fraction of sp³-hybridized carbons (Fsp3) is 0.111. The summed E-state index contributed by atoms with van der Waals surface area (Å²) in [4.78, 5) is 0. The molecule has 13 heavy (non-hydrogen) atoms. The lowest BCUT2D eigenvalue weighted by atomic mass is 10.2. The minimum absolute atomic E-state index is 0.281. The zero-order valence-electron chi connectivity index (χ0n) is 7.01. The standard InChI is InChI=1S/C9H8F2N2/c1-13-4-7(12)9-6(11)2-5(10)3-8(9)13/h2-4H,12H2,1H3. The predicted molar refractivity (Wildman–Crippen MR) is 47.2 cm³/mol. The van der Waals surface area contributed by atoms with E-state index in [4.69, 9.17) is 5.73 Å². The normalized spacial score (nSPS) is 11.0. The van der Waals surface area contributed by atoms with E-state index in [0.29, 0.717) is 11.2 Å². The summed E-state index contributed by atoms with van der Waals surface area (Å²) < 4.78 is 27.6. The molecular weight excluding hydrogens is 174 g/mol. The van der Waals surface area contributed by atoms with Crippen LogP contribution in [0.15, 0.2) is 18.3 Å². The first-order chi connectivity index (χ1) is 6.09. The van der Waals surface area contributed by atoms with Crippen molar-refractivity contribution in [2.45, 2.75) is 0 Å². The van der Waals surface area contributed by atoms with Crippen LogP contribution in [0.2, 0.25) is 0 Å². The van der Waals surface area contributed by atoms with Crippen molar-refractivity contribution < 1.29 is 8.78 Å². The van der Waals surface area contributed by atoms with E-state index < -0.39 is 11.6 Å². The number of nitrogen functional groups attached to an aromatic ring is 1. The first-order valence-corrected chi connectivity index (χ1v) is 3.79. The molecule has 0 aliphatic carbocycles. The maximum Gasteiger partial charge on any atom is 0.137 e. The summed E-state index contributed by atoms with van der Waals surface area (Å²) >= 11 is 0. The van der Waals surface area contributed by atoms with E-state index in [2.05, 4.69) is 0 Å². The van der Waals surface area contributed by atoms with Crippen LogP contribution in [0.3, 0.4) is 0 Å². The fourth-order valence-electron chi connectivity index (χ4n) is 1.47. The lowest BCUT2D eigenvalue weighted by molar-refractivity contribution is 0.591. The molecule has 0 radical (unpaired) electrons. The van der Waals surface area contributed by atoms with Crippen molar-refractivity contribution in [3.8, 4) is 0 Å². The third-order valence-electron chi connectivity index (χ3n) is 2.04. The molecule has 0 aliphatic rings. The van der Waals surface area contributed by atoms with Crippen LogP contribution in [0.4, 0.5) is 14.5 Å². The van der Waals surface area contributed by atoms with Gasteiger partial charge in [-0.1, -0.05) is 0 Å². The van der Waals surface area contributed by atoms with Gasteiger partial charge in [0.2, 0.25) is 0 Å². The summed E-state index contributed by atoms with van der Waals surface area (Å²) in [5.41, 5.74) is 6.34. The number of benzene rings is 1. The Morgan fingerprint density at radius 3 is 2.69 bits per heavy atom. The van der Waals surface area contributed by atoms with Crippen LogP contribution in [0.1, 0.15) is 0 Å². The molecule has 1 aromatic carbocycles. The Morgan fingerprint density at radius 1 is 1.31 bits per heavy atom. The zero-order valence-corrected chi connectivity index (χ0v) is 7.01. The lowest BCUT2D eigenvalue weighted by Crippen LogP contribution is -1.87. The number of hydrogen-bond acceptors (Lipinski definition) is 1. The van der Waals surface area contributed by atoms with Crippen molar-refractivity contribution >= 4 is 16.6 Å². The third-order valence-corrected chi connectivity index (χ3v) is 2.04. The molecule has 0 bridgehead atoms. The molecule has 0 atom stereocenters. The lowest BCUT2D eigenvalue weighted by Gasteiger charge is -1.97. The van der Waals surface area contributed by atoms with E-state index in [0.717, 1.165) is 6.07 Å². The highest BCUT2D eigenvalue weighted by Crippen LogP contribution is 2.26. The molecule has 0 spiro atoms. The highest BCUT2D eigenvalue weighted by atomic mass is 19.1. The molecule has 1 aromatic heterocycles. The molecule has 0 unspecified atom stereocenters. The van der Waals surface area contributed by atoms with Crippen LogP contribution in [0.5, 0.6) is 0 Å². The summed E-state index contributed by atoms with van der Waals surface area (Å²) in [7, 11) is 1.69. The van der Waals surface area contributed by atoms with Gasteiger partial charge in [-0.05, 0) is 6.07 Å². The first-order valence-electron chi connectivity index (χ1n) is 3.79. The smallest absolute Gasteiger partial charge is 0.137 e. The average molecular weight is 182 g/mol. The molecule has 0 saturated carbocycles. The highest BCUT2D eigenvalue weighted by molar-refractivity contribution is 5.92. The van der Waals surface area contributed by atoms with Gasteiger partial charge in [0.15, 0.2) is 0 Å². The molecule has 2 rings (SSSR count). The van der Waals surface area contributed by atoms with Crippen LogP contribution in [0, 0.1) is 11.6 Å².